The Balaban J connectivity index is 1.70. The second-order valence-corrected chi connectivity index (χ2v) is 6.51. The molecule has 2 aromatic rings. The van der Waals surface area contributed by atoms with Gasteiger partial charge in [-0.15, -0.1) is 0 Å². The highest BCUT2D eigenvalue weighted by atomic mass is 16.2. The van der Waals surface area contributed by atoms with Gasteiger partial charge in [-0.3, -0.25) is 9.59 Å². The maximum Gasteiger partial charge on any atom is 0.259 e. The van der Waals surface area contributed by atoms with Gasteiger partial charge in [0.1, 0.15) is 11.3 Å². The van der Waals surface area contributed by atoms with Gasteiger partial charge in [-0.05, 0) is 25.3 Å². The van der Waals surface area contributed by atoms with Crippen molar-refractivity contribution in [3.05, 3.63) is 42.9 Å². The summed E-state index contributed by atoms with van der Waals surface area (Å²) in [4.78, 5) is 37.7. The third kappa shape index (κ3) is 4.16. The van der Waals surface area contributed by atoms with Crippen LogP contribution in [0.3, 0.4) is 0 Å². The van der Waals surface area contributed by atoms with Crippen LogP contribution in [-0.4, -0.2) is 50.8 Å². The molecule has 1 saturated heterocycles. The fourth-order valence-electron chi connectivity index (χ4n) is 3.03. The van der Waals surface area contributed by atoms with Crippen LogP contribution >= 0.6 is 0 Å². The zero-order chi connectivity index (χ0) is 19.4. The summed E-state index contributed by atoms with van der Waals surface area (Å²) in [6, 6.07) is 0.196. The minimum absolute atomic E-state index is 0.0358. The van der Waals surface area contributed by atoms with Gasteiger partial charge in [0.15, 0.2) is 5.65 Å². The van der Waals surface area contributed by atoms with E-state index in [-0.39, 0.29) is 17.9 Å². The maximum absolute atomic E-state index is 12.4. The molecule has 1 aliphatic heterocycles. The van der Waals surface area contributed by atoms with Gasteiger partial charge in [-0.2, -0.15) is 0 Å². The van der Waals surface area contributed by atoms with Crippen LogP contribution in [0.25, 0.3) is 11.2 Å². The predicted molar refractivity (Wildman–Crippen MR) is 104 cm³/mol. The Morgan fingerprint density at radius 3 is 2.81 bits per heavy atom. The Morgan fingerprint density at radius 1 is 1.41 bits per heavy atom. The molecular formula is C19H24N6O2. The normalized spacial score (nSPS) is 14.8. The number of allylic oxidation sites excluding steroid dienone is 1. The molecule has 3 heterocycles. The van der Waals surface area contributed by atoms with Gasteiger partial charge in [0, 0.05) is 31.0 Å². The second kappa shape index (κ2) is 8.03. The van der Waals surface area contributed by atoms with E-state index >= 15 is 0 Å². The smallest absolute Gasteiger partial charge is 0.259 e. The molecule has 8 nitrogen and oxygen atoms in total. The van der Waals surface area contributed by atoms with Crippen LogP contribution in [0.2, 0.25) is 0 Å². The Hall–Kier alpha value is -3.16. The van der Waals surface area contributed by atoms with Crippen LogP contribution in [0.4, 0.5) is 5.82 Å². The molecule has 0 saturated carbocycles. The lowest BCUT2D eigenvalue weighted by molar-refractivity contribution is -0.126. The first-order chi connectivity index (χ1) is 13.0. The molecule has 1 aliphatic rings. The number of nitrogens with one attached hydrogen (secondary N) is 3. The lowest BCUT2D eigenvalue weighted by atomic mass is 10.1. The number of amides is 2. The van der Waals surface area contributed by atoms with E-state index in [9.17, 15) is 9.59 Å². The first-order valence-corrected chi connectivity index (χ1v) is 9.03. The molecule has 0 radical (unpaired) electrons. The lowest BCUT2D eigenvalue weighted by Crippen LogP contribution is -2.41. The van der Waals surface area contributed by atoms with Crippen LogP contribution in [0.15, 0.2) is 37.3 Å². The second-order valence-electron chi connectivity index (χ2n) is 6.51. The fourth-order valence-corrected chi connectivity index (χ4v) is 3.03. The number of piperidine rings is 1. The number of H-pyrrole nitrogens is 1. The molecule has 3 N–H and O–H groups in total. The predicted octanol–water partition coefficient (Wildman–Crippen LogP) is 2.20. The van der Waals surface area contributed by atoms with Crippen molar-refractivity contribution in [3.8, 4) is 0 Å². The standard InChI is InChI=1S/C19H24N6O2/c1-4-12(3)22-19(27)14-10-20-18-17(14)24-15(11-21-18)23-13-6-8-25(9-7-13)16(26)5-2/h5,10-11,13H,2-4,6-9H2,1H3,(H,20,21)(H,22,27)(H,23,24). The number of carbonyl (C=O) groups is 2. The number of likely N-dealkylation sites (tertiary alicyclic amines) is 1. The van der Waals surface area contributed by atoms with Crippen LogP contribution in [0.1, 0.15) is 36.5 Å². The summed E-state index contributed by atoms with van der Waals surface area (Å²) in [7, 11) is 0. The summed E-state index contributed by atoms with van der Waals surface area (Å²) in [6.07, 6.45) is 6.89. The molecule has 3 rings (SSSR count). The van der Waals surface area contributed by atoms with E-state index in [1.54, 1.807) is 17.3 Å². The zero-order valence-electron chi connectivity index (χ0n) is 15.4. The summed E-state index contributed by atoms with van der Waals surface area (Å²) in [5, 5.41) is 6.12. The summed E-state index contributed by atoms with van der Waals surface area (Å²) in [5.41, 5.74) is 2.15. The Labute approximate surface area is 157 Å². The number of aromatic amines is 1. The van der Waals surface area contributed by atoms with Crippen molar-refractivity contribution in [1.29, 1.82) is 0 Å². The van der Waals surface area contributed by atoms with Crippen molar-refractivity contribution in [2.75, 3.05) is 18.4 Å². The highest BCUT2D eigenvalue weighted by Crippen LogP contribution is 2.19. The van der Waals surface area contributed by atoms with E-state index in [1.165, 1.54) is 6.08 Å². The van der Waals surface area contributed by atoms with Crippen molar-refractivity contribution < 1.29 is 9.59 Å². The number of hydrogen-bond acceptors (Lipinski definition) is 5. The highest BCUT2D eigenvalue weighted by molar-refractivity contribution is 6.05. The highest BCUT2D eigenvalue weighted by Gasteiger charge is 2.22. The molecular weight excluding hydrogens is 344 g/mol. The van der Waals surface area contributed by atoms with Crippen LogP contribution in [0.5, 0.6) is 0 Å². The van der Waals surface area contributed by atoms with Crippen molar-refractivity contribution in [1.82, 2.24) is 25.2 Å². The molecule has 2 aromatic heterocycles. The van der Waals surface area contributed by atoms with E-state index in [0.29, 0.717) is 47.8 Å². The fraction of sp³-hybridized carbons (Fsp3) is 0.368. The molecule has 0 aromatic carbocycles. The van der Waals surface area contributed by atoms with Crippen molar-refractivity contribution >= 4 is 28.8 Å². The molecule has 27 heavy (non-hydrogen) atoms. The first kappa shape index (κ1) is 18.6. The lowest BCUT2D eigenvalue weighted by Gasteiger charge is -2.31. The number of rotatable bonds is 6. The number of hydrogen-bond donors (Lipinski definition) is 3. The summed E-state index contributed by atoms with van der Waals surface area (Å²) in [5.74, 6) is 0.320. The zero-order valence-corrected chi connectivity index (χ0v) is 15.4. The van der Waals surface area contributed by atoms with Gasteiger partial charge < -0.3 is 20.5 Å². The monoisotopic (exact) mass is 368 g/mol. The average Bonchev–Trinajstić information content (AvgIpc) is 3.11. The molecule has 0 aliphatic carbocycles. The number of aromatic nitrogens is 3. The average molecular weight is 368 g/mol. The molecule has 0 atom stereocenters. The van der Waals surface area contributed by atoms with Crippen molar-refractivity contribution in [2.45, 2.75) is 32.2 Å². The number of carbonyl (C=O) groups excluding carboxylic acids is 2. The summed E-state index contributed by atoms with van der Waals surface area (Å²) >= 11 is 0. The Morgan fingerprint density at radius 2 is 2.15 bits per heavy atom. The van der Waals surface area contributed by atoms with E-state index in [4.69, 9.17) is 0 Å². The Kier molecular flexibility index (Phi) is 5.54. The van der Waals surface area contributed by atoms with Crippen molar-refractivity contribution in [3.63, 3.8) is 0 Å². The third-order valence-electron chi connectivity index (χ3n) is 4.68. The quantitative estimate of drug-likeness (QED) is 0.678. The van der Waals surface area contributed by atoms with Crippen LogP contribution in [0, 0.1) is 0 Å². The molecule has 0 bridgehead atoms. The minimum Gasteiger partial charge on any atom is -0.366 e. The summed E-state index contributed by atoms with van der Waals surface area (Å²) in [6.45, 7) is 10.6. The molecule has 0 unspecified atom stereocenters. The van der Waals surface area contributed by atoms with Gasteiger partial charge in [-0.25, -0.2) is 9.97 Å². The van der Waals surface area contributed by atoms with Gasteiger partial charge in [0.2, 0.25) is 5.91 Å². The van der Waals surface area contributed by atoms with E-state index in [2.05, 4.69) is 38.7 Å². The van der Waals surface area contributed by atoms with E-state index in [0.717, 1.165) is 12.8 Å². The number of nitrogens with zero attached hydrogens (tertiary/aromatic N) is 3. The number of fused-ring (bicyclic) bond motifs is 1. The minimum atomic E-state index is -0.254. The summed E-state index contributed by atoms with van der Waals surface area (Å²) < 4.78 is 0. The van der Waals surface area contributed by atoms with E-state index in [1.807, 2.05) is 6.92 Å². The molecule has 2 amide bonds. The van der Waals surface area contributed by atoms with Gasteiger partial charge in [0.25, 0.3) is 5.91 Å². The van der Waals surface area contributed by atoms with Gasteiger partial charge >= 0.3 is 0 Å². The number of anilines is 1. The molecule has 1 fully saturated rings. The van der Waals surface area contributed by atoms with Crippen LogP contribution < -0.4 is 10.6 Å². The maximum atomic E-state index is 12.4. The molecule has 8 heteroatoms. The first-order valence-electron chi connectivity index (χ1n) is 9.03. The molecule has 0 spiro atoms. The van der Waals surface area contributed by atoms with Crippen molar-refractivity contribution in [2.24, 2.45) is 0 Å². The largest absolute Gasteiger partial charge is 0.366 e. The van der Waals surface area contributed by atoms with Gasteiger partial charge in [0.05, 0.1) is 11.8 Å². The topological polar surface area (TPSA) is 103 Å². The SMILES string of the molecule is C=CC(=O)N1CCC(Nc2cnc3[nH]cc(C(=O)NC(=C)CC)c3n2)CC1. The molecule has 142 valence electrons. The van der Waals surface area contributed by atoms with Crippen LogP contribution in [-0.2, 0) is 4.79 Å². The van der Waals surface area contributed by atoms with E-state index < -0.39 is 0 Å². The Bertz CT molecular complexity index is 879. The van der Waals surface area contributed by atoms with Gasteiger partial charge in [-0.1, -0.05) is 20.1 Å². The third-order valence-corrected chi connectivity index (χ3v) is 4.68.